The zero-order valence-electron chi connectivity index (χ0n) is 32.7. The molecule has 282 valence electrons. The third kappa shape index (κ3) is 11.4. The summed E-state index contributed by atoms with van der Waals surface area (Å²) in [6.45, 7) is 13.1. The quantitative estimate of drug-likeness (QED) is 0.0686. The molecule has 0 spiro atoms. The van der Waals surface area contributed by atoms with E-state index in [9.17, 15) is 0 Å². The lowest BCUT2D eigenvalue weighted by Gasteiger charge is -2.37. The Kier molecular flexibility index (Phi) is 13.1. The maximum absolute atomic E-state index is 7.07. The van der Waals surface area contributed by atoms with Gasteiger partial charge in [-0.05, 0) is 64.5 Å². The van der Waals surface area contributed by atoms with Gasteiger partial charge in [0.1, 0.15) is 43.7 Å². The van der Waals surface area contributed by atoms with Crippen LogP contribution in [0.5, 0.6) is 28.7 Å². The van der Waals surface area contributed by atoms with E-state index in [0.29, 0.717) is 50.1 Å². The zero-order chi connectivity index (χ0) is 38.5. The summed E-state index contributed by atoms with van der Waals surface area (Å²) in [5.41, 5.74) is 6.34. The lowest BCUT2D eigenvalue weighted by atomic mass is 10.2. The zero-order valence-corrected chi connectivity index (χ0v) is 33.7. The summed E-state index contributed by atoms with van der Waals surface area (Å²) in [6.07, 6.45) is 4.86. The van der Waals surface area contributed by atoms with Gasteiger partial charge in [0.2, 0.25) is 8.32 Å². The maximum Gasteiger partial charge on any atom is 0.250 e. The van der Waals surface area contributed by atoms with Gasteiger partial charge in [-0.1, -0.05) is 160 Å². The summed E-state index contributed by atoms with van der Waals surface area (Å²) >= 11 is 0. The molecule has 0 aliphatic heterocycles. The molecule has 6 rings (SSSR count). The molecular formula is C49H52O5Si. The first-order valence-corrected chi connectivity index (χ1v) is 21.9. The van der Waals surface area contributed by atoms with Crippen LogP contribution in [-0.4, -0.2) is 8.32 Å². The van der Waals surface area contributed by atoms with Crippen LogP contribution in [0.4, 0.5) is 0 Å². The monoisotopic (exact) mass is 750 g/mol. The van der Waals surface area contributed by atoms with Gasteiger partial charge >= 0.3 is 0 Å². The molecule has 0 fully saturated rings. The van der Waals surface area contributed by atoms with E-state index in [1.165, 1.54) is 0 Å². The van der Waals surface area contributed by atoms with Crippen LogP contribution in [0.15, 0.2) is 158 Å². The molecule has 6 heteroatoms. The topological polar surface area (TPSA) is 46.2 Å². The lowest BCUT2D eigenvalue weighted by molar-refractivity contribution is 0.256. The molecule has 0 saturated heterocycles. The summed E-state index contributed by atoms with van der Waals surface area (Å²) in [4.78, 5) is 0. The molecule has 0 aromatic heterocycles. The van der Waals surface area contributed by atoms with Crippen molar-refractivity contribution >= 4 is 14.4 Å². The average Bonchev–Trinajstić information content (AvgIpc) is 3.20. The molecule has 0 heterocycles. The first-order chi connectivity index (χ1) is 26.6. The van der Waals surface area contributed by atoms with Crippen LogP contribution < -0.4 is 23.4 Å². The van der Waals surface area contributed by atoms with Crippen LogP contribution in [0.25, 0.3) is 6.08 Å². The molecule has 6 aromatic carbocycles. The number of hydrogen-bond donors (Lipinski definition) is 0. The van der Waals surface area contributed by atoms with Gasteiger partial charge in [-0.3, -0.25) is 0 Å². The van der Waals surface area contributed by atoms with Crippen LogP contribution in [0, 0.1) is 0 Å². The van der Waals surface area contributed by atoms with Crippen molar-refractivity contribution in [3.63, 3.8) is 0 Å². The molecule has 0 aliphatic rings. The molecule has 0 atom stereocenters. The average molecular weight is 751 g/mol. The molecule has 0 unspecified atom stereocenters. The first kappa shape index (κ1) is 39.0. The number of benzene rings is 6. The molecule has 0 saturated carbocycles. The third-order valence-electron chi connectivity index (χ3n) is 9.87. The van der Waals surface area contributed by atoms with Crippen molar-refractivity contribution in [2.75, 3.05) is 0 Å². The van der Waals surface area contributed by atoms with Gasteiger partial charge in [-0.15, -0.1) is 0 Å². The van der Waals surface area contributed by atoms with Crippen molar-refractivity contribution in [1.82, 2.24) is 0 Å². The standard InChI is InChI=1S/C49H52O5Si/c1-49(2,3)55(4,5)54-47-33-43(50-34-39-19-10-6-11-20-39)32-46(52-36-41-23-14-8-15-24-41)44(47)28-18-27-38-29-30-45(51-35-40-21-12-7-13-22-40)48(31-38)53-37-42-25-16-9-17-26-42/h6-27,29-33H,28,34-37H2,1-5H3/b27-18+/i27+1,28+1. The Morgan fingerprint density at radius 2 is 0.909 bits per heavy atom. The molecule has 0 radical (unpaired) electrons. The van der Waals surface area contributed by atoms with Crippen LogP contribution in [0.3, 0.4) is 0 Å². The molecule has 0 N–H and O–H groups in total. The fourth-order valence-corrected chi connectivity index (χ4v) is 6.69. The van der Waals surface area contributed by atoms with E-state index in [-0.39, 0.29) is 5.04 Å². The molecule has 0 amide bonds. The summed E-state index contributed by atoms with van der Waals surface area (Å²) in [7, 11) is -2.25. The van der Waals surface area contributed by atoms with Crippen LogP contribution in [-0.2, 0) is 32.8 Å². The summed E-state index contributed by atoms with van der Waals surface area (Å²) in [5.74, 6) is 3.63. The number of rotatable bonds is 17. The van der Waals surface area contributed by atoms with Crippen molar-refractivity contribution in [2.45, 2.75) is 71.8 Å². The van der Waals surface area contributed by atoms with Crippen molar-refractivity contribution in [1.29, 1.82) is 0 Å². The summed E-state index contributed by atoms with van der Waals surface area (Å²) in [6, 6.07) is 50.9. The van der Waals surface area contributed by atoms with E-state index < -0.39 is 8.32 Å². The van der Waals surface area contributed by atoms with Gasteiger partial charge in [0.05, 0.1) is 0 Å². The highest BCUT2D eigenvalue weighted by Gasteiger charge is 2.39. The van der Waals surface area contributed by atoms with Gasteiger partial charge in [0, 0.05) is 17.7 Å². The molecule has 0 bridgehead atoms. The van der Waals surface area contributed by atoms with Crippen molar-refractivity contribution in [2.24, 2.45) is 0 Å². The van der Waals surface area contributed by atoms with E-state index in [1.54, 1.807) is 0 Å². The number of ether oxygens (including phenoxy) is 4. The highest BCUT2D eigenvalue weighted by molar-refractivity contribution is 6.74. The molecule has 55 heavy (non-hydrogen) atoms. The predicted octanol–water partition coefficient (Wildman–Crippen LogP) is 12.6. The largest absolute Gasteiger partial charge is 0.543 e. The molecule has 6 aromatic rings. The Bertz CT molecular complexity index is 2110. The second-order valence-corrected chi connectivity index (χ2v) is 19.9. The number of hydrogen-bond acceptors (Lipinski definition) is 5. The molecule has 5 nitrogen and oxygen atoms in total. The Balaban J connectivity index is 1.31. The molecular weight excluding hydrogens is 699 g/mol. The fraction of sp³-hybridized carbons (Fsp3) is 0.224. The summed E-state index contributed by atoms with van der Waals surface area (Å²) < 4.78 is 32.7. The smallest absolute Gasteiger partial charge is 0.250 e. The van der Waals surface area contributed by atoms with E-state index in [0.717, 1.165) is 44.9 Å². The lowest BCUT2D eigenvalue weighted by Crippen LogP contribution is -2.44. The fourth-order valence-electron chi connectivity index (χ4n) is 5.65. The Morgan fingerprint density at radius 3 is 1.40 bits per heavy atom. The predicted molar refractivity (Wildman–Crippen MR) is 227 cm³/mol. The first-order valence-electron chi connectivity index (χ1n) is 19.0. The highest BCUT2D eigenvalue weighted by Crippen LogP contribution is 2.42. The normalized spacial score (nSPS) is 11.7. The second kappa shape index (κ2) is 18.5. The van der Waals surface area contributed by atoms with Gasteiger partial charge < -0.3 is 23.4 Å². The third-order valence-corrected chi connectivity index (χ3v) is 14.2. The minimum atomic E-state index is -2.25. The number of allylic oxidation sites excluding steroid dienone is 1. The minimum absolute atomic E-state index is 0.00739. The van der Waals surface area contributed by atoms with E-state index in [4.69, 9.17) is 23.4 Å². The summed E-state index contributed by atoms with van der Waals surface area (Å²) in [5, 5.41) is -0.00739. The van der Waals surface area contributed by atoms with Gasteiger partial charge in [-0.2, -0.15) is 0 Å². The van der Waals surface area contributed by atoms with E-state index in [2.05, 4.69) is 101 Å². The molecule has 0 aliphatic carbocycles. The Labute approximate surface area is 328 Å². The van der Waals surface area contributed by atoms with Crippen LogP contribution >= 0.6 is 0 Å². The van der Waals surface area contributed by atoms with E-state index >= 15 is 0 Å². The van der Waals surface area contributed by atoms with Crippen LogP contribution in [0.1, 0.15) is 54.2 Å². The van der Waals surface area contributed by atoms with Crippen molar-refractivity contribution in [3.05, 3.63) is 191 Å². The van der Waals surface area contributed by atoms with E-state index in [1.807, 2.05) is 97.1 Å². The SMILES string of the molecule is CC(C)(C)[Si](C)(C)Oc1cc(OCc2ccccc2)cc(OCc2ccccc2)c1[13CH2]/C=[13CH]/c1ccc(OCc2ccccc2)c(OCc2ccccc2)c1. The minimum Gasteiger partial charge on any atom is -0.543 e. The van der Waals surface area contributed by atoms with Gasteiger partial charge in [0.25, 0.3) is 0 Å². The van der Waals surface area contributed by atoms with Gasteiger partial charge in [0.15, 0.2) is 11.5 Å². The van der Waals surface area contributed by atoms with Crippen molar-refractivity contribution < 1.29 is 23.4 Å². The van der Waals surface area contributed by atoms with Gasteiger partial charge in [-0.25, -0.2) is 0 Å². The van der Waals surface area contributed by atoms with Crippen LogP contribution in [0.2, 0.25) is 18.1 Å². The second-order valence-electron chi connectivity index (χ2n) is 15.2. The maximum atomic E-state index is 7.07. The highest BCUT2D eigenvalue weighted by atomic mass is 28.4. The van der Waals surface area contributed by atoms with Crippen molar-refractivity contribution in [3.8, 4) is 28.7 Å². The Hall–Kier alpha value is -5.72. The Morgan fingerprint density at radius 1 is 0.473 bits per heavy atom.